The molecule has 20 heavy (non-hydrogen) atoms. The maximum absolute atomic E-state index is 4.54. The van der Waals surface area contributed by atoms with Crippen LogP contribution in [0.5, 0.6) is 0 Å². The summed E-state index contributed by atoms with van der Waals surface area (Å²) in [6.45, 7) is 1.53. The van der Waals surface area contributed by atoms with Crippen molar-refractivity contribution in [1.29, 1.82) is 0 Å². The average Bonchev–Trinajstić information content (AvgIpc) is 2.85. The molecule has 0 atom stereocenters. The van der Waals surface area contributed by atoms with Crippen molar-refractivity contribution in [3.8, 4) is 0 Å². The first-order valence-electron chi connectivity index (χ1n) is 6.30. The molecule has 1 aromatic heterocycles. The summed E-state index contributed by atoms with van der Waals surface area (Å²) in [6.07, 6.45) is 0. The SMILES string of the molecule is Brc1ccc(CNCc2nc3ccccc3[nH]2)cc1Br. The quantitative estimate of drug-likeness (QED) is 0.689. The largest absolute Gasteiger partial charge is 0.341 e. The van der Waals surface area contributed by atoms with Gasteiger partial charge in [-0.25, -0.2) is 4.98 Å². The summed E-state index contributed by atoms with van der Waals surface area (Å²) in [7, 11) is 0. The molecule has 0 aliphatic carbocycles. The average molecular weight is 395 g/mol. The van der Waals surface area contributed by atoms with Crippen LogP contribution >= 0.6 is 31.9 Å². The second-order valence-electron chi connectivity index (χ2n) is 4.55. The number of halogens is 2. The molecule has 5 heteroatoms. The number of imidazole rings is 1. The van der Waals surface area contributed by atoms with Gasteiger partial charge >= 0.3 is 0 Å². The Bertz CT molecular complexity index is 704. The van der Waals surface area contributed by atoms with Crippen molar-refractivity contribution < 1.29 is 0 Å². The first-order chi connectivity index (χ1) is 9.72. The fourth-order valence-corrected chi connectivity index (χ4v) is 2.74. The van der Waals surface area contributed by atoms with E-state index in [-0.39, 0.29) is 0 Å². The lowest BCUT2D eigenvalue weighted by Gasteiger charge is -2.04. The van der Waals surface area contributed by atoms with E-state index >= 15 is 0 Å². The molecule has 1 heterocycles. The topological polar surface area (TPSA) is 40.7 Å². The number of nitrogens with zero attached hydrogens (tertiary/aromatic N) is 1. The van der Waals surface area contributed by atoms with E-state index in [1.807, 2.05) is 30.3 Å². The molecule has 0 amide bonds. The Morgan fingerprint density at radius 1 is 1.00 bits per heavy atom. The summed E-state index contributed by atoms with van der Waals surface area (Å²) in [5.41, 5.74) is 3.32. The molecule has 0 fully saturated rings. The van der Waals surface area contributed by atoms with E-state index in [4.69, 9.17) is 0 Å². The summed E-state index contributed by atoms with van der Waals surface area (Å²) in [5, 5.41) is 3.40. The molecular formula is C15H13Br2N3. The number of aromatic nitrogens is 2. The van der Waals surface area contributed by atoms with E-state index < -0.39 is 0 Å². The molecule has 3 nitrogen and oxygen atoms in total. The van der Waals surface area contributed by atoms with Gasteiger partial charge in [0.2, 0.25) is 0 Å². The van der Waals surface area contributed by atoms with Crippen LogP contribution in [0.2, 0.25) is 0 Å². The highest BCUT2D eigenvalue weighted by Gasteiger charge is 2.02. The highest BCUT2D eigenvalue weighted by molar-refractivity contribution is 9.13. The van der Waals surface area contributed by atoms with E-state index in [2.05, 4.69) is 59.3 Å². The highest BCUT2D eigenvalue weighted by Crippen LogP contribution is 2.23. The zero-order valence-corrected chi connectivity index (χ0v) is 13.8. The minimum Gasteiger partial charge on any atom is -0.341 e. The number of nitrogens with one attached hydrogen (secondary N) is 2. The van der Waals surface area contributed by atoms with E-state index in [1.165, 1.54) is 5.56 Å². The predicted molar refractivity (Wildman–Crippen MR) is 88.5 cm³/mol. The molecule has 0 aliphatic heterocycles. The molecule has 0 saturated heterocycles. The van der Waals surface area contributed by atoms with Crippen molar-refractivity contribution in [3.05, 3.63) is 62.8 Å². The lowest BCUT2D eigenvalue weighted by atomic mass is 10.2. The normalized spacial score (nSPS) is 11.1. The number of hydrogen-bond donors (Lipinski definition) is 2. The number of aromatic amines is 1. The number of fused-ring (bicyclic) bond motifs is 1. The molecule has 0 aliphatic rings. The third-order valence-corrected chi connectivity index (χ3v) is 4.92. The van der Waals surface area contributed by atoms with Gasteiger partial charge in [-0.05, 0) is 61.7 Å². The fraction of sp³-hybridized carbons (Fsp3) is 0.133. The van der Waals surface area contributed by atoms with Crippen LogP contribution in [0.25, 0.3) is 11.0 Å². The van der Waals surface area contributed by atoms with E-state index in [0.29, 0.717) is 0 Å². The summed E-state index contributed by atoms with van der Waals surface area (Å²) in [4.78, 5) is 7.85. The Kier molecular flexibility index (Phi) is 4.19. The molecule has 102 valence electrons. The Morgan fingerprint density at radius 2 is 1.85 bits per heavy atom. The maximum atomic E-state index is 4.54. The minimum absolute atomic E-state index is 0.725. The fourth-order valence-electron chi connectivity index (χ4n) is 2.06. The number of para-hydroxylation sites is 2. The van der Waals surface area contributed by atoms with Crippen molar-refractivity contribution >= 4 is 42.9 Å². The van der Waals surface area contributed by atoms with E-state index in [9.17, 15) is 0 Å². The molecule has 2 aromatic carbocycles. The zero-order chi connectivity index (χ0) is 13.9. The van der Waals surface area contributed by atoms with Gasteiger partial charge in [0.25, 0.3) is 0 Å². The van der Waals surface area contributed by atoms with Crippen molar-refractivity contribution in [2.75, 3.05) is 0 Å². The lowest BCUT2D eigenvalue weighted by Crippen LogP contribution is -2.13. The Balaban J connectivity index is 1.63. The Hall–Kier alpha value is -1.17. The molecule has 0 radical (unpaired) electrons. The van der Waals surface area contributed by atoms with Crippen LogP contribution in [0, 0.1) is 0 Å². The van der Waals surface area contributed by atoms with Crippen molar-refractivity contribution in [3.63, 3.8) is 0 Å². The van der Waals surface area contributed by atoms with Crippen LogP contribution in [0.4, 0.5) is 0 Å². The predicted octanol–water partition coefficient (Wildman–Crippen LogP) is 4.38. The van der Waals surface area contributed by atoms with Gasteiger partial charge in [-0.2, -0.15) is 0 Å². The minimum atomic E-state index is 0.725. The molecular weight excluding hydrogens is 382 g/mol. The summed E-state index contributed by atoms with van der Waals surface area (Å²) >= 11 is 6.98. The third kappa shape index (κ3) is 3.11. The molecule has 0 spiro atoms. The second kappa shape index (κ2) is 6.08. The van der Waals surface area contributed by atoms with Gasteiger partial charge in [-0.15, -0.1) is 0 Å². The van der Waals surface area contributed by atoms with Crippen LogP contribution in [-0.4, -0.2) is 9.97 Å². The first kappa shape index (κ1) is 13.8. The summed E-state index contributed by atoms with van der Waals surface area (Å²) < 4.78 is 2.14. The maximum Gasteiger partial charge on any atom is 0.121 e. The van der Waals surface area contributed by atoms with Crippen LogP contribution in [-0.2, 0) is 13.1 Å². The summed E-state index contributed by atoms with van der Waals surface area (Å²) in [5.74, 6) is 0.961. The monoisotopic (exact) mass is 393 g/mol. The van der Waals surface area contributed by atoms with Gasteiger partial charge in [0, 0.05) is 15.5 Å². The van der Waals surface area contributed by atoms with Crippen LogP contribution in [0.3, 0.4) is 0 Å². The van der Waals surface area contributed by atoms with Crippen molar-refractivity contribution in [2.45, 2.75) is 13.1 Å². The van der Waals surface area contributed by atoms with Crippen molar-refractivity contribution in [2.24, 2.45) is 0 Å². The molecule has 2 N–H and O–H groups in total. The zero-order valence-electron chi connectivity index (χ0n) is 10.7. The molecule has 0 bridgehead atoms. The number of benzene rings is 2. The van der Waals surface area contributed by atoms with Crippen LogP contribution in [0.15, 0.2) is 51.4 Å². The Labute approximate surface area is 134 Å². The van der Waals surface area contributed by atoms with E-state index in [0.717, 1.165) is 38.9 Å². The van der Waals surface area contributed by atoms with Gasteiger partial charge in [-0.3, -0.25) is 0 Å². The van der Waals surface area contributed by atoms with Crippen LogP contribution < -0.4 is 5.32 Å². The van der Waals surface area contributed by atoms with Crippen LogP contribution in [0.1, 0.15) is 11.4 Å². The number of hydrogen-bond acceptors (Lipinski definition) is 2. The Morgan fingerprint density at radius 3 is 2.65 bits per heavy atom. The van der Waals surface area contributed by atoms with Gasteiger partial charge in [0.05, 0.1) is 17.6 Å². The molecule has 3 aromatic rings. The van der Waals surface area contributed by atoms with Gasteiger partial charge in [0.15, 0.2) is 0 Å². The third-order valence-electron chi connectivity index (χ3n) is 3.04. The molecule has 0 unspecified atom stereocenters. The lowest BCUT2D eigenvalue weighted by molar-refractivity contribution is 0.670. The molecule has 0 saturated carbocycles. The van der Waals surface area contributed by atoms with Crippen molar-refractivity contribution in [1.82, 2.24) is 15.3 Å². The first-order valence-corrected chi connectivity index (χ1v) is 7.89. The second-order valence-corrected chi connectivity index (χ2v) is 6.26. The van der Waals surface area contributed by atoms with E-state index in [1.54, 1.807) is 0 Å². The number of rotatable bonds is 4. The smallest absolute Gasteiger partial charge is 0.121 e. The van der Waals surface area contributed by atoms with Gasteiger partial charge in [-0.1, -0.05) is 18.2 Å². The standard InChI is InChI=1S/C15H13Br2N3/c16-11-6-5-10(7-12(11)17)8-18-9-15-19-13-3-1-2-4-14(13)20-15/h1-7,18H,8-9H2,(H,19,20). The highest BCUT2D eigenvalue weighted by atomic mass is 79.9. The number of H-pyrrole nitrogens is 1. The van der Waals surface area contributed by atoms with Gasteiger partial charge in [0.1, 0.15) is 5.82 Å². The van der Waals surface area contributed by atoms with Gasteiger partial charge < -0.3 is 10.3 Å². The molecule has 3 rings (SSSR count). The summed E-state index contributed by atoms with van der Waals surface area (Å²) in [6, 6.07) is 14.3.